The van der Waals surface area contributed by atoms with E-state index in [4.69, 9.17) is 0 Å². The number of rotatable bonds is 3. The molecule has 2 nitrogen and oxygen atoms in total. The Morgan fingerprint density at radius 2 is 1.75 bits per heavy atom. The molecule has 2 rings (SSSR count). The molecule has 1 aromatic carbocycles. The van der Waals surface area contributed by atoms with Crippen molar-refractivity contribution in [2.45, 2.75) is 12.5 Å². The molecule has 0 N–H and O–H groups in total. The topological polar surface area (TPSA) is 6.48 Å². The highest BCUT2D eigenvalue weighted by Crippen LogP contribution is 2.24. The maximum Gasteiger partial charge on any atom is 0.0349 e. The summed E-state index contributed by atoms with van der Waals surface area (Å²) in [7, 11) is 2.19. The molecule has 16 heavy (non-hydrogen) atoms. The minimum absolute atomic E-state index is 0.495. The van der Waals surface area contributed by atoms with E-state index in [9.17, 15) is 0 Å². The molecule has 1 fully saturated rings. The van der Waals surface area contributed by atoms with E-state index in [1.807, 2.05) is 0 Å². The summed E-state index contributed by atoms with van der Waals surface area (Å²) >= 11 is 0. The van der Waals surface area contributed by atoms with Crippen LogP contribution in [0.15, 0.2) is 30.3 Å². The predicted octanol–water partition coefficient (Wildman–Crippen LogP) is 2.20. The van der Waals surface area contributed by atoms with Crippen LogP contribution in [0.3, 0.4) is 0 Å². The van der Waals surface area contributed by atoms with Crippen LogP contribution < -0.4 is 0 Å². The van der Waals surface area contributed by atoms with Gasteiger partial charge in [-0.05, 0) is 19.0 Å². The van der Waals surface area contributed by atoms with Gasteiger partial charge in [0.1, 0.15) is 0 Å². The Balaban J connectivity index is 2.05. The molecule has 1 saturated heterocycles. The highest BCUT2D eigenvalue weighted by atomic mass is 15.3. The van der Waals surface area contributed by atoms with Gasteiger partial charge in [-0.25, -0.2) is 0 Å². The smallest absolute Gasteiger partial charge is 0.0349 e. The summed E-state index contributed by atoms with van der Waals surface area (Å²) in [5.74, 6) is 0. The van der Waals surface area contributed by atoms with Gasteiger partial charge in [0, 0.05) is 32.2 Å². The fraction of sp³-hybridized carbons (Fsp3) is 0.500. The van der Waals surface area contributed by atoms with Gasteiger partial charge < -0.3 is 4.90 Å². The van der Waals surface area contributed by atoms with E-state index in [2.05, 4.69) is 54.1 Å². The van der Waals surface area contributed by atoms with Gasteiger partial charge >= 0.3 is 0 Å². The van der Waals surface area contributed by atoms with E-state index in [1.54, 1.807) is 0 Å². The van der Waals surface area contributed by atoms with Gasteiger partial charge in [-0.15, -0.1) is 0 Å². The highest BCUT2D eigenvalue weighted by molar-refractivity contribution is 5.19. The molecule has 1 radical (unpaired) electrons. The van der Waals surface area contributed by atoms with Gasteiger partial charge in [0.25, 0.3) is 0 Å². The van der Waals surface area contributed by atoms with Crippen molar-refractivity contribution >= 4 is 0 Å². The molecule has 2 heteroatoms. The van der Waals surface area contributed by atoms with Crippen LogP contribution in [0, 0.1) is 6.92 Å². The van der Waals surface area contributed by atoms with Crippen molar-refractivity contribution < 1.29 is 0 Å². The second-order valence-corrected chi connectivity index (χ2v) is 4.55. The quantitative estimate of drug-likeness (QED) is 0.766. The molecule has 0 aliphatic carbocycles. The Hall–Kier alpha value is -0.860. The van der Waals surface area contributed by atoms with E-state index < -0.39 is 0 Å². The molecule has 1 atom stereocenters. The highest BCUT2D eigenvalue weighted by Gasteiger charge is 2.21. The van der Waals surface area contributed by atoms with E-state index in [-0.39, 0.29) is 0 Å². The summed E-state index contributed by atoms with van der Waals surface area (Å²) in [6, 6.07) is 11.2. The van der Waals surface area contributed by atoms with Crippen LogP contribution in [0.5, 0.6) is 0 Å². The van der Waals surface area contributed by atoms with Crippen molar-refractivity contribution in [3.05, 3.63) is 42.8 Å². The van der Waals surface area contributed by atoms with Crippen LogP contribution in [-0.4, -0.2) is 43.0 Å². The van der Waals surface area contributed by atoms with Gasteiger partial charge in [0.15, 0.2) is 0 Å². The molecule has 1 unspecified atom stereocenters. The summed E-state index contributed by atoms with van der Waals surface area (Å²) < 4.78 is 0. The van der Waals surface area contributed by atoms with Gasteiger partial charge in [0.05, 0.1) is 0 Å². The average Bonchev–Trinajstić information content (AvgIpc) is 2.34. The lowest BCUT2D eigenvalue weighted by Gasteiger charge is -2.37. The number of piperazine rings is 1. The standard InChI is InChI=1S/C14H21N2/c1-3-14(13-7-5-4-6-8-13)16-11-9-15(2)10-12-16/h4-8,14H,1,3,9-12H2,2H3. The first-order valence-corrected chi connectivity index (χ1v) is 6.08. The molecule has 0 spiro atoms. The molecule has 0 bridgehead atoms. The third kappa shape index (κ3) is 2.63. The molecule has 0 amide bonds. The maximum atomic E-state index is 4.10. The first-order chi connectivity index (χ1) is 7.81. The Morgan fingerprint density at radius 1 is 1.12 bits per heavy atom. The average molecular weight is 217 g/mol. The Morgan fingerprint density at radius 3 is 2.31 bits per heavy atom. The van der Waals surface area contributed by atoms with Gasteiger partial charge in [-0.2, -0.15) is 0 Å². The zero-order valence-corrected chi connectivity index (χ0v) is 10.1. The summed E-state index contributed by atoms with van der Waals surface area (Å²) in [6.07, 6.45) is 0.952. The molecular weight excluding hydrogens is 196 g/mol. The van der Waals surface area contributed by atoms with Crippen molar-refractivity contribution in [2.75, 3.05) is 33.2 Å². The molecule has 0 aromatic heterocycles. The molecule has 1 aliphatic rings. The third-order valence-electron chi connectivity index (χ3n) is 3.44. The van der Waals surface area contributed by atoms with E-state index >= 15 is 0 Å². The van der Waals surface area contributed by atoms with Crippen LogP contribution in [0.4, 0.5) is 0 Å². The molecule has 0 saturated carbocycles. The van der Waals surface area contributed by atoms with Crippen LogP contribution in [0.25, 0.3) is 0 Å². The number of hydrogen-bond donors (Lipinski definition) is 0. The molecule has 1 heterocycles. The maximum absolute atomic E-state index is 4.10. The SMILES string of the molecule is [CH2]CC(c1ccccc1)N1CCN(C)CC1. The zero-order chi connectivity index (χ0) is 11.4. The van der Waals surface area contributed by atoms with Gasteiger partial charge in [-0.1, -0.05) is 37.3 Å². The van der Waals surface area contributed by atoms with E-state index in [0.717, 1.165) is 19.5 Å². The first-order valence-electron chi connectivity index (χ1n) is 6.08. The van der Waals surface area contributed by atoms with Crippen molar-refractivity contribution in [3.63, 3.8) is 0 Å². The lowest BCUT2D eigenvalue weighted by atomic mass is 10.0. The zero-order valence-electron chi connectivity index (χ0n) is 10.1. The lowest BCUT2D eigenvalue weighted by Crippen LogP contribution is -2.45. The molecule has 1 aromatic rings. The fourth-order valence-electron chi connectivity index (χ4n) is 2.37. The van der Waals surface area contributed by atoms with Gasteiger partial charge in [-0.3, -0.25) is 4.90 Å². The molecule has 1 aliphatic heterocycles. The number of nitrogens with zero attached hydrogens (tertiary/aromatic N) is 2. The number of benzene rings is 1. The van der Waals surface area contributed by atoms with Crippen LogP contribution in [-0.2, 0) is 0 Å². The summed E-state index contributed by atoms with van der Waals surface area (Å²) in [5.41, 5.74) is 1.40. The van der Waals surface area contributed by atoms with Crippen LogP contribution in [0.1, 0.15) is 18.0 Å². The summed E-state index contributed by atoms with van der Waals surface area (Å²) in [6.45, 7) is 8.76. The summed E-state index contributed by atoms with van der Waals surface area (Å²) in [5, 5.41) is 0. The van der Waals surface area contributed by atoms with Gasteiger partial charge in [0.2, 0.25) is 0 Å². The minimum atomic E-state index is 0.495. The predicted molar refractivity (Wildman–Crippen MR) is 68.2 cm³/mol. The van der Waals surface area contributed by atoms with E-state index in [1.165, 1.54) is 18.7 Å². The minimum Gasteiger partial charge on any atom is -0.304 e. The number of likely N-dealkylation sites (N-methyl/N-ethyl adjacent to an activating group) is 1. The largest absolute Gasteiger partial charge is 0.304 e. The normalized spacial score (nSPS) is 20.9. The Kier molecular flexibility index (Phi) is 3.97. The Labute approximate surface area is 98.9 Å². The lowest BCUT2D eigenvalue weighted by molar-refractivity contribution is 0.112. The van der Waals surface area contributed by atoms with Crippen LogP contribution in [0.2, 0.25) is 0 Å². The molecular formula is C14H21N2. The van der Waals surface area contributed by atoms with Crippen molar-refractivity contribution in [3.8, 4) is 0 Å². The third-order valence-corrected chi connectivity index (χ3v) is 3.44. The van der Waals surface area contributed by atoms with E-state index in [0.29, 0.717) is 6.04 Å². The van der Waals surface area contributed by atoms with Crippen molar-refractivity contribution in [1.29, 1.82) is 0 Å². The monoisotopic (exact) mass is 217 g/mol. The van der Waals surface area contributed by atoms with Crippen molar-refractivity contribution in [1.82, 2.24) is 9.80 Å². The molecule has 87 valence electrons. The second-order valence-electron chi connectivity index (χ2n) is 4.55. The van der Waals surface area contributed by atoms with Crippen molar-refractivity contribution in [2.24, 2.45) is 0 Å². The summed E-state index contributed by atoms with van der Waals surface area (Å²) in [4.78, 5) is 4.95. The first kappa shape index (κ1) is 11.6. The second kappa shape index (κ2) is 5.46. The fourth-order valence-corrected chi connectivity index (χ4v) is 2.37. The van der Waals surface area contributed by atoms with Crippen LogP contribution >= 0.6 is 0 Å². The Bertz CT molecular complexity index is 302. The number of hydrogen-bond acceptors (Lipinski definition) is 2.